The Morgan fingerprint density at radius 2 is 1.59 bits per heavy atom. The average Bonchev–Trinajstić information content (AvgIpc) is 2.68. The summed E-state index contributed by atoms with van der Waals surface area (Å²) in [6, 6.07) is 14.1. The van der Waals surface area contributed by atoms with Crippen LogP contribution < -0.4 is 10.6 Å². The monoisotopic (exact) mass is 399 g/mol. The molecule has 0 saturated carbocycles. The zero-order valence-electron chi connectivity index (χ0n) is 15.2. The second-order valence-electron chi connectivity index (χ2n) is 6.22. The van der Waals surface area contributed by atoms with Crippen LogP contribution in [0.1, 0.15) is 33.3 Å². The van der Waals surface area contributed by atoms with Crippen LogP contribution in [0.15, 0.2) is 66.9 Å². The average molecular weight is 399 g/mol. The number of halogens is 3. The van der Waals surface area contributed by atoms with E-state index in [0.717, 1.165) is 12.1 Å². The van der Waals surface area contributed by atoms with Crippen LogP contribution >= 0.6 is 0 Å². The molecule has 0 atom stereocenters. The maximum absolute atomic E-state index is 12.8. The van der Waals surface area contributed by atoms with Crippen molar-refractivity contribution in [1.82, 2.24) is 4.98 Å². The third-order valence-corrected chi connectivity index (χ3v) is 4.02. The minimum absolute atomic E-state index is 0.0811. The molecule has 0 spiro atoms. The van der Waals surface area contributed by atoms with Crippen LogP contribution in [0, 0.1) is 0 Å². The third-order valence-electron chi connectivity index (χ3n) is 4.02. The first-order valence-corrected chi connectivity index (χ1v) is 8.55. The van der Waals surface area contributed by atoms with Gasteiger partial charge >= 0.3 is 6.18 Å². The second kappa shape index (κ2) is 8.14. The van der Waals surface area contributed by atoms with E-state index in [4.69, 9.17) is 0 Å². The number of alkyl halides is 3. The van der Waals surface area contributed by atoms with E-state index in [1.54, 1.807) is 30.3 Å². The van der Waals surface area contributed by atoms with Crippen LogP contribution in [0.2, 0.25) is 0 Å². The molecule has 1 heterocycles. The van der Waals surface area contributed by atoms with E-state index in [0.29, 0.717) is 16.9 Å². The molecular formula is C21H16F3N3O2. The van der Waals surface area contributed by atoms with Gasteiger partial charge < -0.3 is 10.6 Å². The molecule has 0 fully saturated rings. The Bertz CT molecular complexity index is 1050. The number of anilines is 3. The van der Waals surface area contributed by atoms with Gasteiger partial charge in [-0.2, -0.15) is 13.2 Å². The molecule has 0 radical (unpaired) electrons. The first-order chi connectivity index (χ1) is 13.7. The molecule has 5 nitrogen and oxygen atoms in total. The summed E-state index contributed by atoms with van der Waals surface area (Å²) in [5.41, 5.74) is 0.959. The topological polar surface area (TPSA) is 71.1 Å². The highest BCUT2D eigenvalue weighted by Gasteiger charge is 2.30. The largest absolute Gasteiger partial charge is 0.416 e. The highest BCUT2D eigenvalue weighted by atomic mass is 19.4. The number of ketones is 1. The maximum Gasteiger partial charge on any atom is 0.416 e. The fraction of sp³-hybridized carbons (Fsp3) is 0.0952. The Morgan fingerprint density at radius 1 is 0.897 bits per heavy atom. The van der Waals surface area contributed by atoms with Gasteiger partial charge in [-0.1, -0.05) is 6.07 Å². The van der Waals surface area contributed by atoms with Crippen LogP contribution in [-0.4, -0.2) is 16.7 Å². The molecule has 0 unspecified atom stereocenters. The molecule has 3 aromatic rings. The highest BCUT2D eigenvalue weighted by molar-refractivity contribution is 6.03. The molecule has 2 N–H and O–H groups in total. The summed E-state index contributed by atoms with van der Waals surface area (Å²) in [6.45, 7) is 1.44. The number of nitrogens with zero attached hydrogens (tertiary/aromatic N) is 1. The van der Waals surface area contributed by atoms with Gasteiger partial charge in [0.15, 0.2) is 5.78 Å². The zero-order chi connectivity index (χ0) is 21.0. The lowest BCUT2D eigenvalue weighted by Crippen LogP contribution is -2.14. The van der Waals surface area contributed by atoms with Crippen molar-refractivity contribution in [3.8, 4) is 0 Å². The molecule has 1 amide bonds. The van der Waals surface area contributed by atoms with Gasteiger partial charge in [-0.15, -0.1) is 0 Å². The predicted molar refractivity (Wildman–Crippen MR) is 103 cm³/mol. The van der Waals surface area contributed by atoms with Gasteiger partial charge in [0.05, 0.1) is 5.56 Å². The van der Waals surface area contributed by atoms with Gasteiger partial charge in [-0.05, 0) is 61.5 Å². The van der Waals surface area contributed by atoms with Crippen molar-refractivity contribution in [3.05, 3.63) is 83.7 Å². The molecule has 0 aliphatic carbocycles. The Morgan fingerprint density at radius 3 is 2.24 bits per heavy atom. The Labute approximate surface area is 164 Å². The summed E-state index contributed by atoms with van der Waals surface area (Å²) in [5.74, 6) is -0.578. The Balaban J connectivity index is 1.73. The van der Waals surface area contributed by atoms with Crippen molar-refractivity contribution in [2.24, 2.45) is 0 Å². The molecule has 0 aliphatic rings. The number of rotatable bonds is 5. The van der Waals surface area contributed by atoms with Gasteiger partial charge in [-0.3, -0.25) is 14.6 Å². The maximum atomic E-state index is 12.8. The van der Waals surface area contributed by atoms with E-state index >= 15 is 0 Å². The number of pyridine rings is 1. The first kappa shape index (κ1) is 20.1. The van der Waals surface area contributed by atoms with Crippen molar-refractivity contribution in [1.29, 1.82) is 0 Å². The van der Waals surface area contributed by atoms with E-state index < -0.39 is 17.6 Å². The normalized spacial score (nSPS) is 11.0. The van der Waals surface area contributed by atoms with Crippen LogP contribution in [0.5, 0.6) is 0 Å². The van der Waals surface area contributed by atoms with Crippen LogP contribution in [-0.2, 0) is 6.18 Å². The summed E-state index contributed by atoms with van der Waals surface area (Å²) in [7, 11) is 0. The molecule has 8 heteroatoms. The summed E-state index contributed by atoms with van der Waals surface area (Å²) in [6.07, 6.45) is -3.07. The Hall–Kier alpha value is -3.68. The summed E-state index contributed by atoms with van der Waals surface area (Å²) >= 11 is 0. The fourth-order valence-electron chi connectivity index (χ4n) is 2.56. The molecule has 0 saturated heterocycles. The lowest BCUT2D eigenvalue weighted by molar-refractivity contribution is -0.137. The number of carbonyl (C=O) groups excluding carboxylic acids is 2. The molecule has 0 bridgehead atoms. The van der Waals surface area contributed by atoms with Crippen LogP contribution in [0.25, 0.3) is 0 Å². The molecule has 2 aromatic carbocycles. The molecule has 148 valence electrons. The van der Waals surface area contributed by atoms with E-state index in [1.165, 1.54) is 31.3 Å². The minimum Gasteiger partial charge on any atom is -0.355 e. The van der Waals surface area contributed by atoms with Crippen molar-refractivity contribution in [2.75, 3.05) is 10.6 Å². The first-order valence-electron chi connectivity index (χ1n) is 8.55. The standard InChI is InChI=1S/C21H16F3N3O2/c1-13(28)14-5-7-16(8-6-14)27-20(29)19-12-18(9-10-25-19)26-17-4-2-3-15(11-17)21(22,23)24/h2-12H,1H3,(H,25,26)(H,27,29). The Kier molecular flexibility index (Phi) is 5.63. The number of Topliss-reactive ketones (excluding diaryl/α,β-unsaturated/α-hetero) is 1. The van der Waals surface area contributed by atoms with E-state index in [-0.39, 0.29) is 17.2 Å². The van der Waals surface area contributed by atoms with Gasteiger partial charge in [0, 0.05) is 28.8 Å². The van der Waals surface area contributed by atoms with Crippen molar-refractivity contribution >= 4 is 28.8 Å². The van der Waals surface area contributed by atoms with Crippen molar-refractivity contribution in [2.45, 2.75) is 13.1 Å². The van der Waals surface area contributed by atoms with Gasteiger partial charge in [0.25, 0.3) is 5.91 Å². The van der Waals surface area contributed by atoms with Gasteiger partial charge in [0.2, 0.25) is 0 Å². The lowest BCUT2D eigenvalue weighted by Gasteiger charge is -2.11. The predicted octanol–water partition coefficient (Wildman–Crippen LogP) is 5.30. The van der Waals surface area contributed by atoms with Crippen LogP contribution in [0.3, 0.4) is 0 Å². The van der Waals surface area contributed by atoms with Crippen molar-refractivity contribution < 1.29 is 22.8 Å². The number of hydrogen-bond acceptors (Lipinski definition) is 4. The van der Waals surface area contributed by atoms with E-state index in [2.05, 4.69) is 15.6 Å². The third kappa shape index (κ3) is 5.19. The molecule has 29 heavy (non-hydrogen) atoms. The smallest absolute Gasteiger partial charge is 0.355 e. The number of benzene rings is 2. The number of hydrogen-bond donors (Lipinski definition) is 2. The minimum atomic E-state index is -4.45. The molecule has 1 aromatic heterocycles. The number of amides is 1. The zero-order valence-corrected chi connectivity index (χ0v) is 15.2. The quantitative estimate of drug-likeness (QED) is 0.571. The molecule has 3 rings (SSSR count). The number of nitrogens with one attached hydrogen (secondary N) is 2. The van der Waals surface area contributed by atoms with Crippen LogP contribution in [0.4, 0.5) is 30.2 Å². The van der Waals surface area contributed by atoms with E-state index in [1.807, 2.05) is 0 Å². The lowest BCUT2D eigenvalue weighted by atomic mass is 10.1. The second-order valence-corrected chi connectivity index (χ2v) is 6.22. The molecule has 0 aliphatic heterocycles. The van der Waals surface area contributed by atoms with Gasteiger partial charge in [0.1, 0.15) is 5.69 Å². The number of aromatic nitrogens is 1. The van der Waals surface area contributed by atoms with E-state index in [9.17, 15) is 22.8 Å². The van der Waals surface area contributed by atoms with Crippen molar-refractivity contribution in [3.63, 3.8) is 0 Å². The summed E-state index contributed by atoms with van der Waals surface area (Å²) in [5, 5.41) is 5.49. The number of carbonyl (C=O) groups is 2. The SMILES string of the molecule is CC(=O)c1ccc(NC(=O)c2cc(Nc3cccc(C(F)(F)F)c3)ccn2)cc1. The fourth-order valence-corrected chi connectivity index (χ4v) is 2.56. The summed E-state index contributed by atoms with van der Waals surface area (Å²) in [4.78, 5) is 27.7. The van der Waals surface area contributed by atoms with Gasteiger partial charge in [-0.25, -0.2) is 0 Å². The molecular weight excluding hydrogens is 383 g/mol. The highest BCUT2D eigenvalue weighted by Crippen LogP contribution is 2.31. The summed E-state index contributed by atoms with van der Waals surface area (Å²) < 4.78 is 38.5.